The van der Waals surface area contributed by atoms with Crippen LogP contribution in [-0.2, 0) is 6.54 Å². The third-order valence-corrected chi connectivity index (χ3v) is 6.51. The first-order chi connectivity index (χ1) is 16.3. The summed E-state index contributed by atoms with van der Waals surface area (Å²) in [4.78, 5) is 16.6. The Morgan fingerprint density at radius 2 is 1.73 bits per heavy atom. The number of hydrogen-bond acceptors (Lipinski definition) is 5. The molecule has 2 N–H and O–H groups in total. The van der Waals surface area contributed by atoms with Gasteiger partial charge in [-0.3, -0.25) is 0 Å². The summed E-state index contributed by atoms with van der Waals surface area (Å²) in [6.45, 7) is 0.627. The van der Waals surface area contributed by atoms with Crippen molar-refractivity contribution < 1.29 is 4.74 Å². The summed E-state index contributed by atoms with van der Waals surface area (Å²) in [5.74, 6) is 2.08. The molecule has 0 unspecified atom stereocenters. The maximum atomic E-state index is 6.02. The summed E-state index contributed by atoms with van der Waals surface area (Å²) >= 11 is 0. The first-order valence-electron chi connectivity index (χ1n) is 11.5. The average molecular weight is 436 g/mol. The van der Waals surface area contributed by atoms with Crippen molar-refractivity contribution in [2.75, 3.05) is 5.32 Å². The second-order valence-corrected chi connectivity index (χ2v) is 8.60. The topological polar surface area (TPSA) is 75.7 Å². The second kappa shape index (κ2) is 8.54. The fraction of sp³-hybridized carbons (Fsp3) is 0.222. The van der Waals surface area contributed by atoms with Crippen LogP contribution in [0.1, 0.15) is 42.7 Å². The monoisotopic (exact) mass is 435 g/mol. The molecule has 6 rings (SSSR count). The van der Waals surface area contributed by atoms with Gasteiger partial charge in [-0.25, -0.2) is 4.98 Å². The zero-order valence-corrected chi connectivity index (χ0v) is 18.3. The van der Waals surface area contributed by atoms with E-state index in [1.807, 2.05) is 12.1 Å². The molecule has 2 aromatic heterocycles. The SMILES string of the molecule is c1ccc2c(CNc3nc(Oc4ccc(C5CCCC5)cc4)nc4nc[nH]c34)cccc2c1. The molecule has 1 aliphatic rings. The highest BCUT2D eigenvalue weighted by Crippen LogP contribution is 2.35. The zero-order chi connectivity index (χ0) is 22.0. The molecule has 0 amide bonds. The number of benzene rings is 3. The van der Waals surface area contributed by atoms with Crippen LogP contribution >= 0.6 is 0 Å². The average Bonchev–Trinajstić information content (AvgIpc) is 3.56. The van der Waals surface area contributed by atoms with Crippen LogP contribution in [0, 0.1) is 0 Å². The van der Waals surface area contributed by atoms with Crippen LogP contribution in [0.5, 0.6) is 11.8 Å². The first kappa shape index (κ1) is 19.7. The Morgan fingerprint density at radius 1 is 0.909 bits per heavy atom. The van der Waals surface area contributed by atoms with Crippen LogP contribution in [0.2, 0.25) is 0 Å². The Bertz CT molecular complexity index is 1400. The van der Waals surface area contributed by atoms with Gasteiger partial charge in [0.1, 0.15) is 11.3 Å². The van der Waals surface area contributed by atoms with Crippen molar-refractivity contribution in [2.45, 2.75) is 38.1 Å². The highest BCUT2D eigenvalue weighted by molar-refractivity contribution is 5.86. The molecule has 5 aromatic rings. The van der Waals surface area contributed by atoms with Crippen LogP contribution < -0.4 is 10.1 Å². The minimum absolute atomic E-state index is 0.281. The Balaban J connectivity index is 1.25. The Labute approximate surface area is 192 Å². The minimum Gasteiger partial charge on any atom is -0.424 e. The van der Waals surface area contributed by atoms with E-state index in [-0.39, 0.29) is 6.01 Å². The lowest BCUT2D eigenvalue weighted by molar-refractivity contribution is 0.444. The molecule has 33 heavy (non-hydrogen) atoms. The third-order valence-electron chi connectivity index (χ3n) is 6.51. The van der Waals surface area contributed by atoms with Crippen LogP contribution in [-0.4, -0.2) is 19.9 Å². The van der Waals surface area contributed by atoms with E-state index in [0.29, 0.717) is 23.9 Å². The lowest BCUT2D eigenvalue weighted by Gasteiger charge is -2.12. The molecule has 1 saturated carbocycles. The number of imidazole rings is 1. The third kappa shape index (κ3) is 4.00. The molecule has 2 heterocycles. The van der Waals surface area contributed by atoms with Crippen molar-refractivity contribution in [3.63, 3.8) is 0 Å². The van der Waals surface area contributed by atoms with Crippen LogP contribution in [0.4, 0.5) is 5.82 Å². The molecule has 6 nitrogen and oxygen atoms in total. The molecule has 0 spiro atoms. The Hall–Kier alpha value is -3.93. The molecule has 1 aliphatic carbocycles. The lowest BCUT2D eigenvalue weighted by atomic mass is 9.98. The zero-order valence-electron chi connectivity index (χ0n) is 18.3. The van der Waals surface area contributed by atoms with E-state index in [1.165, 1.54) is 47.6 Å². The standard InChI is InChI=1S/C27H25N5O/c1-2-7-18(6-1)19-12-14-22(15-13-19)33-27-31-25(24-26(32-27)30-17-29-24)28-16-21-10-5-9-20-8-3-4-11-23(20)21/h3-5,8-15,17-18H,1-2,6-7,16H2,(H2,28,29,30,31,32). The van der Waals surface area contributed by atoms with E-state index in [2.05, 4.69) is 79.9 Å². The summed E-state index contributed by atoms with van der Waals surface area (Å²) in [6, 6.07) is 23.3. The Morgan fingerprint density at radius 3 is 2.61 bits per heavy atom. The van der Waals surface area contributed by atoms with Crippen molar-refractivity contribution >= 4 is 27.8 Å². The molecule has 6 heteroatoms. The smallest absolute Gasteiger partial charge is 0.326 e. The van der Waals surface area contributed by atoms with Crippen molar-refractivity contribution in [3.8, 4) is 11.8 Å². The van der Waals surface area contributed by atoms with E-state index >= 15 is 0 Å². The van der Waals surface area contributed by atoms with Crippen LogP contribution in [0.15, 0.2) is 73.1 Å². The van der Waals surface area contributed by atoms with Gasteiger partial charge < -0.3 is 15.0 Å². The van der Waals surface area contributed by atoms with Crippen molar-refractivity contribution in [3.05, 3.63) is 84.2 Å². The predicted octanol–water partition coefficient (Wildman–Crippen LogP) is 6.57. The van der Waals surface area contributed by atoms with Crippen molar-refractivity contribution in [1.82, 2.24) is 19.9 Å². The van der Waals surface area contributed by atoms with E-state index in [0.717, 1.165) is 11.3 Å². The normalized spacial score (nSPS) is 14.2. The number of aromatic nitrogens is 4. The van der Waals surface area contributed by atoms with Gasteiger partial charge in [-0.05, 0) is 52.8 Å². The fourth-order valence-corrected chi connectivity index (χ4v) is 4.78. The van der Waals surface area contributed by atoms with E-state index in [1.54, 1.807) is 6.33 Å². The van der Waals surface area contributed by atoms with Gasteiger partial charge in [0.25, 0.3) is 0 Å². The molecule has 164 valence electrons. The minimum atomic E-state index is 0.281. The number of nitrogens with one attached hydrogen (secondary N) is 2. The van der Waals surface area contributed by atoms with Crippen molar-refractivity contribution in [2.24, 2.45) is 0 Å². The molecule has 0 aliphatic heterocycles. The maximum Gasteiger partial charge on any atom is 0.326 e. The summed E-state index contributed by atoms with van der Waals surface area (Å²) in [6.07, 6.45) is 6.85. The highest BCUT2D eigenvalue weighted by atomic mass is 16.5. The van der Waals surface area contributed by atoms with E-state index in [4.69, 9.17) is 4.74 Å². The van der Waals surface area contributed by atoms with E-state index < -0.39 is 0 Å². The van der Waals surface area contributed by atoms with Gasteiger partial charge in [0.2, 0.25) is 0 Å². The number of fused-ring (bicyclic) bond motifs is 2. The van der Waals surface area contributed by atoms with Crippen molar-refractivity contribution in [1.29, 1.82) is 0 Å². The summed E-state index contributed by atoms with van der Waals surface area (Å²) in [5, 5.41) is 5.89. The molecular formula is C27H25N5O. The number of hydrogen-bond donors (Lipinski definition) is 2. The van der Waals surface area contributed by atoms with Gasteiger partial charge in [0.05, 0.1) is 6.33 Å². The van der Waals surface area contributed by atoms with Gasteiger partial charge in [-0.15, -0.1) is 0 Å². The largest absolute Gasteiger partial charge is 0.424 e. The number of anilines is 1. The molecule has 0 atom stereocenters. The van der Waals surface area contributed by atoms with Crippen LogP contribution in [0.25, 0.3) is 21.9 Å². The Kier molecular flexibility index (Phi) is 5.11. The lowest BCUT2D eigenvalue weighted by Crippen LogP contribution is -2.05. The molecule has 0 bridgehead atoms. The number of nitrogens with zero attached hydrogens (tertiary/aromatic N) is 3. The van der Waals surface area contributed by atoms with Gasteiger partial charge in [-0.1, -0.05) is 67.4 Å². The second-order valence-electron chi connectivity index (χ2n) is 8.60. The predicted molar refractivity (Wildman–Crippen MR) is 131 cm³/mol. The molecule has 0 saturated heterocycles. The van der Waals surface area contributed by atoms with Crippen LogP contribution in [0.3, 0.4) is 0 Å². The molecule has 0 radical (unpaired) electrons. The quantitative estimate of drug-likeness (QED) is 0.315. The summed E-state index contributed by atoms with van der Waals surface area (Å²) in [5.41, 5.74) is 3.92. The van der Waals surface area contributed by atoms with Gasteiger partial charge in [-0.2, -0.15) is 9.97 Å². The van der Waals surface area contributed by atoms with Gasteiger partial charge in [0.15, 0.2) is 11.5 Å². The summed E-state index contributed by atoms with van der Waals surface area (Å²) in [7, 11) is 0. The molecule has 3 aromatic carbocycles. The van der Waals surface area contributed by atoms with Gasteiger partial charge >= 0.3 is 6.01 Å². The molecule has 1 fully saturated rings. The number of rotatable bonds is 6. The summed E-state index contributed by atoms with van der Waals surface area (Å²) < 4.78 is 6.02. The molecular weight excluding hydrogens is 410 g/mol. The number of H-pyrrole nitrogens is 1. The number of ether oxygens (including phenoxy) is 1. The fourth-order valence-electron chi connectivity index (χ4n) is 4.78. The maximum absolute atomic E-state index is 6.02. The highest BCUT2D eigenvalue weighted by Gasteiger charge is 2.17. The van der Waals surface area contributed by atoms with E-state index in [9.17, 15) is 0 Å². The number of aromatic amines is 1. The first-order valence-corrected chi connectivity index (χ1v) is 11.5. The van der Waals surface area contributed by atoms with Gasteiger partial charge in [0, 0.05) is 6.54 Å².